The second-order valence-electron chi connectivity index (χ2n) is 3.45. The quantitative estimate of drug-likeness (QED) is 0.865. The highest BCUT2D eigenvalue weighted by molar-refractivity contribution is 9.10. The average Bonchev–Trinajstić information content (AvgIpc) is 2.30. The summed E-state index contributed by atoms with van der Waals surface area (Å²) < 4.78 is 5.76. The van der Waals surface area contributed by atoms with Crippen LogP contribution in [0.3, 0.4) is 0 Å². The van der Waals surface area contributed by atoms with Crippen molar-refractivity contribution in [3.8, 4) is 0 Å². The lowest BCUT2D eigenvalue weighted by molar-refractivity contribution is 0.0527. The molecule has 0 bridgehead atoms. The van der Waals surface area contributed by atoms with Crippen LogP contribution in [0.4, 0.5) is 5.82 Å². The first-order valence-corrected chi connectivity index (χ1v) is 5.94. The van der Waals surface area contributed by atoms with Crippen LogP contribution in [-0.4, -0.2) is 17.6 Å². The molecule has 0 amide bonds. The van der Waals surface area contributed by atoms with E-state index in [4.69, 9.17) is 10.5 Å². The van der Waals surface area contributed by atoms with Crippen LogP contribution in [0.1, 0.15) is 17.3 Å². The molecule has 0 atom stereocenters. The van der Waals surface area contributed by atoms with Crippen molar-refractivity contribution in [2.45, 2.75) is 6.92 Å². The zero-order chi connectivity index (χ0) is 12.4. The number of ether oxygens (including phenoxy) is 1. The molecule has 0 aliphatic rings. The Bertz CT molecular complexity index is 584. The van der Waals surface area contributed by atoms with E-state index in [9.17, 15) is 4.79 Å². The Labute approximate surface area is 107 Å². The molecule has 1 heterocycles. The number of nitrogens with zero attached hydrogens (tertiary/aromatic N) is 1. The van der Waals surface area contributed by atoms with Crippen molar-refractivity contribution in [3.05, 3.63) is 34.3 Å². The van der Waals surface area contributed by atoms with E-state index in [1.165, 1.54) is 0 Å². The highest BCUT2D eigenvalue weighted by Crippen LogP contribution is 2.25. The lowest BCUT2D eigenvalue weighted by Crippen LogP contribution is -2.09. The molecule has 0 fully saturated rings. The fourth-order valence-electron chi connectivity index (χ4n) is 1.55. The summed E-state index contributed by atoms with van der Waals surface area (Å²) in [5.41, 5.74) is 6.79. The Kier molecular flexibility index (Phi) is 3.28. The second kappa shape index (κ2) is 4.71. The molecule has 0 saturated heterocycles. The first-order valence-electron chi connectivity index (χ1n) is 5.15. The number of aromatic nitrogens is 1. The van der Waals surface area contributed by atoms with Crippen LogP contribution >= 0.6 is 15.9 Å². The highest BCUT2D eigenvalue weighted by Gasteiger charge is 2.14. The van der Waals surface area contributed by atoms with Crippen molar-refractivity contribution in [1.82, 2.24) is 4.98 Å². The minimum atomic E-state index is -0.445. The molecule has 2 aromatic rings. The number of benzene rings is 1. The fourth-order valence-corrected chi connectivity index (χ4v) is 2.02. The molecule has 0 saturated carbocycles. The van der Waals surface area contributed by atoms with Crippen LogP contribution in [0.5, 0.6) is 0 Å². The number of rotatable bonds is 2. The van der Waals surface area contributed by atoms with Gasteiger partial charge in [-0.05, 0) is 35.0 Å². The van der Waals surface area contributed by atoms with E-state index >= 15 is 0 Å². The number of para-hydroxylation sites is 1. The van der Waals surface area contributed by atoms with Gasteiger partial charge in [-0.25, -0.2) is 9.78 Å². The Hall–Kier alpha value is -1.62. The smallest absolute Gasteiger partial charge is 0.341 e. The van der Waals surface area contributed by atoms with E-state index in [0.717, 1.165) is 15.4 Å². The minimum absolute atomic E-state index is 0.183. The molecule has 1 aromatic heterocycles. The van der Waals surface area contributed by atoms with E-state index in [2.05, 4.69) is 20.9 Å². The van der Waals surface area contributed by atoms with Crippen LogP contribution in [0.15, 0.2) is 28.7 Å². The van der Waals surface area contributed by atoms with Crippen LogP contribution in [0.2, 0.25) is 0 Å². The Balaban J connectivity index is 2.60. The summed E-state index contributed by atoms with van der Waals surface area (Å²) in [6, 6.07) is 7.31. The standard InChI is InChI=1S/C12H11BrN2O2/c1-2-17-12(16)8-6-7-4-3-5-9(13)10(7)15-11(8)14/h3-6H,2H2,1H3,(H2,14,15). The number of carbonyl (C=O) groups excluding carboxylic acids is 1. The number of pyridine rings is 1. The van der Waals surface area contributed by atoms with Gasteiger partial charge >= 0.3 is 5.97 Å². The van der Waals surface area contributed by atoms with Crippen molar-refractivity contribution >= 4 is 38.6 Å². The van der Waals surface area contributed by atoms with Gasteiger partial charge in [0.15, 0.2) is 0 Å². The van der Waals surface area contributed by atoms with Crippen molar-refractivity contribution < 1.29 is 9.53 Å². The van der Waals surface area contributed by atoms with Gasteiger partial charge in [0.05, 0.1) is 12.1 Å². The number of hydrogen-bond acceptors (Lipinski definition) is 4. The van der Waals surface area contributed by atoms with Crippen LogP contribution in [0.25, 0.3) is 10.9 Å². The van der Waals surface area contributed by atoms with Gasteiger partial charge in [-0.15, -0.1) is 0 Å². The van der Waals surface area contributed by atoms with Crippen LogP contribution in [-0.2, 0) is 4.74 Å². The molecule has 0 unspecified atom stereocenters. The third kappa shape index (κ3) is 2.24. The van der Waals surface area contributed by atoms with Crippen molar-refractivity contribution in [1.29, 1.82) is 0 Å². The predicted octanol–water partition coefficient (Wildman–Crippen LogP) is 2.76. The molecule has 0 aliphatic heterocycles. The molecule has 5 heteroatoms. The van der Waals surface area contributed by atoms with Crippen molar-refractivity contribution in [3.63, 3.8) is 0 Å². The largest absolute Gasteiger partial charge is 0.462 e. The molecule has 17 heavy (non-hydrogen) atoms. The monoisotopic (exact) mass is 294 g/mol. The average molecular weight is 295 g/mol. The van der Waals surface area contributed by atoms with E-state index in [0.29, 0.717) is 12.2 Å². The summed E-state index contributed by atoms with van der Waals surface area (Å²) in [6.45, 7) is 2.06. The molecule has 2 N–H and O–H groups in total. The van der Waals surface area contributed by atoms with E-state index < -0.39 is 5.97 Å². The van der Waals surface area contributed by atoms with Gasteiger partial charge in [-0.2, -0.15) is 0 Å². The molecule has 4 nitrogen and oxygen atoms in total. The summed E-state index contributed by atoms with van der Waals surface area (Å²) in [6.07, 6.45) is 0. The Morgan fingerprint density at radius 2 is 2.29 bits per heavy atom. The second-order valence-corrected chi connectivity index (χ2v) is 4.31. The maximum atomic E-state index is 11.6. The van der Waals surface area contributed by atoms with Gasteiger partial charge in [-0.1, -0.05) is 12.1 Å². The maximum Gasteiger partial charge on any atom is 0.341 e. The van der Waals surface area contributed by atoms with Crippen LogP contribution in [0, 0.1) is 0 Å². The molecular formula is C12H11BrN2O2. The molecule has 0 aliphatic carbocycles. The summed E-state index contributed by atoms with van der Waals surface area (Å²) in [5, 5.41) is 0.844. The van der Waals surface area contributed by atoms with Gasteiger partial charge in [-0.3, -0.25) is 0 Å². The molecular weight excluding hydrogens is 284 g/mol. The van der Waals surface area contributed by atoms with Crippen molar-refractivity contribution in [2.24, 2.45) is 0 Å². The summed E-state index contributed by atoms with van der Waals surface area (Å²) in [5.74, 6) is -0.262. The molecule has 0 spiro atoms. The highest BCUT2D eigenvalue weighted by atomic mass is 79.9. The maximum absolute atomic E-state index is 11.6. The molecule has 88 valence electrons. The van der Waals surface area contributed by atoms with Gasteiger partial charge in [0.25, 0.3) is 0 Å². The minimum Gasteiger partial charge on any atom is -0.462 e. The summed E-state index contributed by atoms with van der Waals surface area (Å²) in [4.78, 5) is 15.8. The van der Waals surface area contributed by atoms with Gasteiger partial charge in [0, 0.05) is 9.86 Å². The number of carbonyl (C=O) groups is 1. The number of anilines is 1. The van der Waals surface area contributed by atoms with E-state index in [1.807, 2.05) is 18.2 Å². The fraction of sp³-hybridized carbons (Fsp3) is 0.167. The number of hydrogen-bond donors (Lipinski definition) is 1. The first kappa shape index (κ1) is 11.9. The summed E-state index contributed by atoms with van der Waals surface area (Å²) >= 11 is 3.39. The number of fused-ring (bicyclic) bond motifs is 1. The van der Waals surface area contributed by atoms with E-state index in [-0.39, 0.29) is 5.82 Å². The van der Waals surface area contributed by atoms with Crippen molar-refractivity contribution in [2.75, 3.05) is 12.3 Å². The Morgan fingerprint density at radius 1 is 1.53 bits per heavy atom. The molecule has 0 radical (unpaired) electrons. The van der Waals surface area contributed by atoms with E-state index in [1.54, 1.807) is 13.0 Å². The third-order valence-electron chi connectivity index (χ3n) is 2.32. The third-order valence-corrected chi connectivity index (χ3v) is 2.96. The van der Waals surface area contributed by atoms with Gasteiger partial charge < -0.3 is 10.5 Å². The lowest BCUT2D eigenvalue weighted by Gasteiger charge is -2.07. The normalized spacial score (nSPS) is 10.5. The molecule has 2 rings (SSSR count). The van der Waals surface area contributed by atoms with Gasteiger partial charge in [0.1, 0.15) is 11.4 Å². The Morgan fingerprint density at radius 3 is 3.00 bits per heavy atom. The lowest BCUT2D eigenvalue weighted by atomic mass is 10.1. The van der Waals surface area contributed by atoms with Crippen LogP contribution < -0.4 is 5.73 Å². The number of nitrogen functional groups attached to an aromatic ring is 1. The SMILES string of the molecule is CCOC(=O)c1cc2cccc(Br)c2nc1N. The predicted molar refractivity (Wildman–Crippen MR) is 69.8 cm³/mol. The zero-order valence-electron chi connectivity index (χ0n) is 9.24. The zero-order valence-corrected chi connectivity index (χ0v) is 10.8. The first-order chi connectivity index (χ1) is 8.13. The number of halogens is 1. The number of esters is 1. The molecule has 1 aromatic carbocycles. The number of nitrogens with two attached hydrogens (primary N) is 1. The summed E-state index contributed by atoms with van der Waals surface area (Å²) in [7, 11) is 0. The topological polar surface area (TPSA) is 65.2 Å². The van der Waals surface area contributed by atoms with Gasteiger partial charge in [0.2, 0.25) is 0 Å².